The van der Waals surface area contributed by atoms with Gasteiger partial charge in [-0.2, -0.15) is 0 Å². The molecule has 90 valence electrons. The Morgan fingerprint density at radius 2 is 2.24 bits per heavy atom. The lowest BCUT2D eigenvalue weighted by Crippen LogP contribution is -2.35. The number of aromatic nitrogens is 1. The van der Waals surface area contributed by atoms with Crippen LogP contribution < -0.4 is 16.6 Å². The third-order valence-corrected chi connectivity index (χ3v) is 2.48. The third kappa shape index (κ3) is 2.21. The summed E-state index contributed by atoms with van der Waals surface area (Å²) in [7, 11) is 3.26. The monoisotopic (exact) mass is 235 g/mol. The lowest BCUT2D eigenvalue weighted by atomic mass is 10.1. The molecule has 1 aromatic heterocycles. The number of benzene rings is 1. The van der Waals surface area contributed by atoms with Crippen LogP contribution in [0.15, 0.2) is 27.4 Å². The summed E-state index contributed by atoms with van der Waals surface area (Å²) in [6.45, 7) is 0. The molecule has 1 heterocycles. The van der Waals surface area contributed by atoms with Gasteiger partial charge in [-0.05, 0) is 17.7 Å². The quantitative estimate of drug-likeness (QED) is 0.730. The highest BCUT2D eigenvalue weighted by Gasteiger charge is 2.08. The Morgan fingerprint density at radius 1 is 1.47 bits per heavy atom. The van der Waals surface area contributed by atoms with E-state index in [-0.39, 0.29) is 12.3 Å². The van der Waals surface area contributed by atoms with Crippen molar-refractivity contribution in [3.05, 3.63) is 34.3 Å². The maximum absolute atomic E-state index is 11.4. The number of amides is 1. The van der Waals surface area contributed by atoms with E-state index in [0.29, 0.717) is 11.1 Å². The summed E-state index contributed by atoms with van der Waals surface area (Å²) < 4.78 is 6.41. The molecule has 0 unspecified atom stereocenters. The molecule has 6 heteroatoms. The molecule has 2 rings (SSSR count). The summed E-state index contributed by atoms with van der Waals surface area (Å²) in [5, 5.41) is 0. The molecule has 0 saturated carbocycles. The number of fused-ring (bicyclic) bond motifs is 1. The molecule has 0 aliphatic rings. The predicted molar refractivity (Wildman–Crippen MR) is 62.4 cm³/mol. The molecule has 0 aliphatic heterocycles. The van der Waals surface area contributed by atoms with E-state index in [1.54, 1.807) is 32.3 Å². The number of hydrogen-bond acceptors (Lipinski definition) is 4. The molecular weight excluding hydrogens is 222 g/mol. The molecule has 0 atom stereocenters. The first kappa shape index (κ1) is 11.4. The van der Waals surface area contributed by atoms with Crippen molar-refractivity contribution >= 4 is 17.0 Å². The minimum atomic E-state index is -0.406. The van der Waals surface area contributed by atoms with Crippen LogP contribution in [0.4, 0.5) is 0 Å². The molecule has 1 amide bonds. The van der Waals surface area contributed by atoms with Gasteiger partial charge in [0.2, 0.25) is 5.91 Å². The summed E-state index contributed by atoms with van der Waals surface area (Å²) in [6.07, 6.45) is 0.246. The van der Waals surface area contributed by atoms with E-state index in [1.165, 1.54) is 4.57 Å². The van der Waals surface area contributed by atoms with Gasteiger partial charge in [-0.15, -0.1) is 0 Å². The number of hydrogen-bond donors (Lipinski definition) is 2. The van der Waals surface area contributed by atoms with E-state index in [9.17, 15) is 9.59 Å². The van der Waals surface area contributed by atoms with Gasteiger partial charge in [-0.25, -0.2) is 10.2 Å². The zero-order chi connectivity index (χ0) is 12.4. The first-order valence-corrected chi connectivity index (χ1v) is 5.16. The molecule has 6 nitrogen and oxygen atoms in total. The fraction of sp³-hybridized carbons (Fsp3) is 0.273. The third-order valence-electron chi connectivity index (χ3n) is 2.48. The summed E-state index contributed by atoms with van der Waals surface area (Å²) in [5.74, 6) is -0.544. The number of rotatable bonds is 3. The average molecular weight is 235 g/mol. The van der Waals surface area contributed by atoms with Crippen molar-refractivity contribution < 1.29 is 9.21 Å². The second kappa shape index (κ2) is 4.42. The van der Waals surface area contributed by atoms with E-state index in [2.05, 4.69) is 10.9 Å². The van der Waals surface area contributed by atoms with Crippen molar-refractivity contribution in [1.82, 2.24) is 15.4 Å². The lowest BCUT2D eigenvalue weighted by Gasteiger charge is -2.03. The highest BCUT2D eigenvalue weighted by Crippen LogP contribution is 2.14. The molecule has 0 spiro atoms. The maximum Gasteiger partial charge on any atom is 0.419 e. The normalized spacial score (nSPS) is 10.7. The Hall–Kier alpha value is -2.08. The molecule has 0 saturated heterocycles. The lowest BCUT2D eigenvalue weighted by molar-refractivity contribution is -0.121. The van der Waals surface area contributed by atoms with Crippen molar-refractivity contribution in [2.75, 3.05) is 7.05 Å². The molecule has 0 aliphatic carbocycles. The Bertz CT molecular complexity index is 612. The van der Waals surface area contributed by atoms with Crippen molar-refractivity contribution in [2.45, 2.75) is 6.42 Å². The number of hydrazine groups is 1. The summed E-state index contributed by atoms with van der Waals surface area (Å²) in [6, 6.07) is 5.23. The second-order valence-corrected chi connectivity index (χ2v) is 3.70. The van der Waals surface area contributed by atoms with Crippen molar-refractivity contribution in [3.8, 4) is 0 Å². The summed E-state index contributed by atoms with van der Waals surface area (Å²) >= 11 is 0. The van der Waals surface area contributed by atoms with E-state index < -0.39 is 5.76 Å². The van der Waals surface area contributed by atoms with Gasteiger partial charge in [0, 0.05) is 14.1 Å². The van der Waals surface area contributed by atoms with Crippen molar-refractivity contribution in [1.29, 1.82) is 0 Å². The first-order chi connectivity index (χ1) is 8.11. The van der Waals surface area contributed by atoms with Crippen molar-refractivity contribution in [3.63, 3.8) is 0 Å². The highest BCUT2D eigenvalue weighted by atomic mass is 16.4. The number of carbonyl (C=O) groups excluding carboxylic acids is 1. The average Bonchev–Trinajstić information content (AvgIpc) is 2.56. The SMILES string of the molecule is CNNC(=O)Cc1ccc2oc(=O)n(C)c2c1. The number of nitrogens with zero attached hydrogens (tertiary/aromatic N) is 1. The van der Waals surface area contributed by atoms with Gasteiger partial charge in [0.25, 0.3) is 0 Å². The van der Waals surface area contributed by atoms with Gasteiger partial charge < -0.3 is 4.42 Å². The predicted octanol–water partition coefficient (Wildman–Crippen LogP) is -0.0754. The van der Waals surface area contributed by atoms with Crippen molar-refractivity contribution in [2.24, 2.45) is 7.05 Å². The fourth-order valence-corrected chi connectivity index (χ4v) is 1.65. The van der Waals surface area contributed by atoms with Gasteiger partial charge in [-0.3, -0.25) is 14.8 Å². The van der Waals surface area contributed by atoms with Crippen LogP contribution in [-0.4, -0.2) is 17.5 Å². The largest absolute Gasteiger partial charge is 0.419 e. The van der Waals surface area contributed by atoms with Gasteiger partial charge in [-0.1, -0.05) is 6.07 Å². The van der Waals surface area contributed by atoms with Gasteiger partial charge in [0.1, 0.15) is 0 Å². The fourth-order valence-electron chi connectivity index (χ4n) is 1.65. The van der Waals surface area contributed by atoms with Crippen LogP contribution >= 0.6 is 0 Å². The van der Waals surface area contributed by atoms with Crippen LogP contribution in [0.25, 0.3) is 11.1 Å². The Kier molecular flexibility index (Phi) is 2.97. The maximum atomic E-state index is 11.4. The molecule has 2 aromatic rings. The minimum absolute atomic E-state index is 0.139. The Labute approximate surface area is 97.2 Å². The zero-order valence-corrected chi connectivity index (χ0v) is 9.61. The van der Waals surface area contributed by atoms with Gasteiger partial charge in [0.05, 0.1) is 11.9 Å². The molecule has 1 aromatic carbocycles. The zero-order valence-electron chi connectivity index (χ0n) is 9.61. The number of aryl methyl sites for hydroxylation is 1. The van der Waals surface area contributed by atoms with Crippen LogP contribution in [-0.2, 0) is 18.3 Å². The molecular formula is C11H13N3O3. The van der Waals surface area contributed by atoms with Crippen LogP contribution in [0.3, 0.4) is 0 Å². The molecule has 0 radical (unpaired) electrons. The minimum Gasteiger partial charge on any atom is -0.408 e. The summed E-state index contributed by atoms with van der Waals surface area (Å²) in [4.78, 5) is 22.7. The summed E-state index contributed by atoms with van der Waals surface area (Å²) in [5.41, 5.74) is 7.08. The standard InChI is InChI=1S/C11H13N3O3/c1-12-13-10(15)6-7-3-4-9-8(5-7)14(2)11(16)17-9/h3-5,12H,6H2,1-2H3,(H,13,15). The van der Waals surface area contributed by atoms with E-state index in [4.69, 9.17) is 4.42 Å². The van der Waals surface area contributed by atoms with E-state index in [1.807, 2.05) is 0 Å². The number of oxazole rings is 1. The smallest absolute Gasteiger partial charge is 0.408 e. The Morgan fingerprint density at radius 3 is 2.94 bits per heavy atom. The van der Waals surface area contributed by atoms with Crippen LogP contribution in [0.2, 0.25) is 0 Å². The van der Waals surface area contributed by atoms with Crippen LogP contribution in [0.5, 0.6) is 0 Å². The number of carbonyl (C=O) groups is 1. The molecule has 0 bridgehead atoms. The molecule has 17 heavy (non-hydrogen) atoms. The second-order valence-electron chi connectivity index (χ2n) is 3.70. The van der Waals surface area contributed by atoms with Crippen LogP contribution in [0, 0.1) is 0 Å². The highest BCUT2D eigenvalue weighted by molar-refractivity contribution is 5.80. The first-order valence-electron chi connectivity index (χ1n) is 5.16. The van der Waals surface area contributed by atoms with E-state index >= 15 is 0 Å². The Balaban J connectivity index is 2.34. The van der Waals surface area contributed by atoms with Crippen LogP contribution in [0.1, 0.15) is 5.56 Å². The number of nitrogens with one attached hydrogen (secondary N) is 2. The molecule has 0 fully saturated rings. The van der Waals surface area contributed by atoms with Gasteiger partial charge >= 0.3 is 5.76 Å². The van der Waals surface area contributed by atoms with Gasteiger partial charge in [0.15, 0.2) is 5.58 Å². The molecule has 2 N–H and O–H groups in total. The van der Waals surface area contributed by atoms with E-state index in [0.717, 1.165) is 5.56 Å². The topological polar surface area (TPSA) is 76.3 Å².